The van der Waals surface area contributed by atoms with Crippen LogP contribution in [0.25, 0.3) is 0 Å². The number of rotatable bonds is 3. The van der Waals surface area contributed by atoms with Crippen LogP contribution in [0.5, 0.6) is 0 Å². The third-order valence-electron chi connectivity index (χ3n) is 4.10. The molecular weight excluding hydrogens is 285 g/mol. The molecule has 1 aromatic carbocycles. The van der Waals surface area contributed by atoms with Gasteiger partial charge < -0.3 is 10.3 Å². The average molecular weight is 305 g/mol. The highest BCUT2D eigenvalue weighted by atomic mass is 19.1. The van der Waals surface area contributed by atoms with Crippen LogP contribution in [-0.4, -0.2) is 46.6 Å². The molecule has 1 aliphatic heterocycles. The van der Waals surface area contributed by atoms with Crippen LogP contribution < -0.4 is 5.73 Å². The first-order valence-electron chi connectivity index (χ1n) is 7.30. The molecule has 0 bridgehead atoms. The first kappa shape index (κ1) is 14.9. The Hall–Kier alpha value is -1.99. The van der Waals surface area contributed by atoms with Gasteiger partial charge in [-0.1, -0.05) is 17.3 Å². The van der Waals surface area contributed by atoms with Crippen LogP contribution in [0.3, 0.4) is 0 Å². The van der Waals surface area contributed by atoms with Crippen molar-refractivity contribution >= 4 is 5.69 Å². The second-order valence-corrected chi connectivity index (χ2v) is 5.72. The molecule has 1 aliphatic rings. The van der Waals surface area contributed by atoms with E-state index >= 15 is 0 Å². The van der Waals surface area contributed by atoms with E-state index in [-0.39, 0.29) is 17.5 Å². The van der Waals surface area contributed by atoms with Crippen molar-refractivity contribution in [2.75, 3.05) is 32.4 Å². The zero-order valence-corrected chi connectivity index (χ0v) is 12.8. The minimum Gasteiger partial charge on any atom is -0.396 e. The minimum absolute atomic E-state index is 0.0460. The molecule has 0 unspecified atom stereocenters. The minimum atomic E-state index is -0.365. The van der Waals surface area contributed by atoms with Crippen LogP contribution in [0.4, 0.5) is 10.1 Å². The van der Waals surface area contributed by atoms with E-state index in [1.54, 1.807) is 13.0 Å². The number of nitrogens with zero attached hydrogens (tertiary/aromatic N) is 4. The van der Waals surface area contributed by atoms with Gasteiger partial charge in [0.2, 0.25) is 5.89 Å². The predicted octanol–water partition coefficient (Wildman–Crippen LogP) is 1.59. The van der Waals surface area contributed by atoms with E-state index in [4.69, 9.17) is 10.3 Å². The Morgan fingerprint density at radius 2 is 2.23 bits per heavy atom. The van der Waals surface area contributed by atoms with Crippen molar-refractivity contribution in [1.29, 1.82) is 0 Å². The molecule has 1 atom stereocenters. The summed E-state index contributed by atoms with van der Waals surface area (Å²) in [5.74, 6) is 0.891. The van der Waals surface area contributed by atoms with Gasteiger partial charge in [-0.3, -0.25) is 9.80 Å². The maximum absolute atomic E-state index is 13.6. The maximum Gasteiger partial charge on any atom is 0.245 e. The number of nitrogen functional groups attached to an aromatic ring is 1. The summed E-state index contributed by atoms with van der Waals surface area (Å²) in [6, 6.07) is 4.98. The van der Waals surface area contributed by atoms with Crippen molar-refractivity contribution < 1.29 is 8.91 Å². The molecule has 2 heterocycles. The fourth-order valence-corrected chi connectivity index (χ4v) is 2.75. The molecule has 6 nitrogen and oxygen atoms in total. The van der Waals surface area contributed by atoms with E-state index in [9.17, 15) is 4.39 Å². The Labute approximate surface area is 128 Å². The van der Waals surface area contributed by atoms with Crippen LogP contribution in [0.2, 0.25) is 0 Å². The zero-order valence-electron chi connectivity index (χ0n) is 12.8. The zero-order chi connectivity index (χ0) is 15.7. The largest absolute Gasteiger partial charge is 0.396 e. The molecule has 1 fully saturated rings. The van der Waals surface area contributed by atoms with Crippen molar-refractivity contribution in [2.45, 2.75) is 19.5 Å². The van der Waals surface area contributed by atoms with Gasteiger partial charge in [-0.15, -0.1) is 0 Å². The fraction of sp³-hybridized carbons (Fsp3) is 0.467. The average Bonchev–Trinajstić information content (AvgIpc) is 2.92. The van der Waals surface area contributed by atoms with Crippen LogP contribution in [0.1, 0.15) is 23.3 Å². The Kier molecular flexibility index (Phi) is 4.08. The van der Waals surface area contributed by atoms with Crippen molar-refractivity contribution in [3.05, 3.63) is 41.3 Å². The van der Waals surface area contributed by atoms with Crippen LogP contribution in [-0.2, 0) is 6.54 Å². The third kappa shape index (κ3) is 2.95. The molecule has 2 aromatic rings. The predicted molar refractivity (Wildman–Crippen MR) is 80.5 cm³/mol. The Morgan fingerprint density at radius 3 is 2.95 bits per heavy atom. The summed E-state index contributed by atoms with van der Waals surface area (Å²) < 4.78 is 18.9. The van der Waals surface area contributed by atoms with Gasteiger partial charge in [-0.05, 0) is 25.6 Å². The van der Waals surface area contributed by atoms with E-state index < -0.39 is 0 Å². The molecule has 0 saturated carbocycles. The van der Waals surface area contributed by atoms with Crippen molar-refractivity contribution in [3.8, 4) is 0 Å². The normalized spacial score (nSPS) is 20.4. The van der Waals surface area contributed by atoms with E-state index in [1.165, 1.54) is 6.07 Å². The number of hydrogen-bond acceptors (Lipinski definition) is 6. The van der Waals surface area contributed by atoms with E-state index in [0.717, 1.165) is 25.2 Å². The Balaban J connectivity index is 1.74. The van der Waals surface area contributed by atoms with Crippen LogP contribution in [0.15, 0.2) is 22.7 Å². The van der Waals surface area contributed by atoms with Gasteiger partial charge in [0.15, 0.2) is 5.82 Å². The molecule has 2 N–H and O–H groups in total. The molecule has 22 heavy (non-hydrogen) atoms. The summed E-state index contributed by atoms with van der Waals surface area (Å²) >= 11 is 0. The number of anilines is 1. The topological polar surface area (TPSA) is 71.4 Å². The number of likely N-dealkylation sites (N-methyl/N-ethyl adjacent to an activating group) is 1. The quantitative estimate of drug-likeness (QED) is 0.868. The highest BCUT2D eigenvalue weighted by molar-refractivity contribution is 5.47. The lowest BCUT2D eigenvalue weighted by Crippen LogP contribution is -2.46. The number of nitrogens with two attached hydrogens (primary N) is 1. The van der Waals surface area contributed by atoms with E-state index in [1.807, 2.05) is 13.1 Å². The number of halogens is 1. The second-order valence-electron chi connectivity index (χ2n) is 5.72. The summed E-state index contributed by atoms with van der Waals surface area (Å²) in [5, 5.41) is 3.86. The molecule has 1 aromatic heterocycles. The molecule has 0 radical (unpaired) electrons. The molecular formula is C15H20FN5O. The lowest BCUT2D eigenvalue weighted by Gasteiger charge is -2.37. The molecule has 1 saturated heterocycles. The summed E-state index contributed by atoms with van der Waals surface area (Å²) in [6.45, 7) is 4.92. The lowest BCUT2D eigenvalue weighted by atomic mass is 10.1. The summed E-state index contributed by atoms with van der Waals surface area (Å²) in [5.41, 5.74) is 6.86. The number of hydrogen-bond donors (Lipinski definition) is 1. The second kappa shape index (κ2) is 6.02. The highest BCUT2D eigenvalue weighted by Gasteiger charge is 2.30. The third-order valence-corrected chi connectivity index (χ3v) is 4.10. The van der Waals surface area contributed by atoms with Gasteiger partial charge >= 0.3 is 0 Å². The Morgan fingerprint density at radius 1 is 1.41 bits per heavy atom. The number of para-hydroxylation sites is 1. The van der Waals surface area contributed by atoms with Gasteiger partial charge in [-0.2, -0.15) is 4.98 Å². The SMILES string of the molecule is Cc1noc([C@@H]2CN(Cc3cccc(F)c3N)CCN2C)n1. The van der Waals surface area contributed by atoms with Gasteiger partial charge in [0.05, 0.1) is 5.69 Å². The van der Waals surface area contributed by atoms with E-state index in [0.29, 0.717) is 18.3 Å². The van der Waals surface area contributed by atoms with Crippen LogP contribution in [0, 0.1) is 12.7 Å². The summed E-state index contributed by atoms with van der Waals surface area (Å²) in [6.07, 6.45) is 0. The van der Waals surface area contributed by atoms with Crippen LogP contribution >= 0.6 is 0 Å². The Bertz CT molecular complexity index is 659. The monoisotopic (exact) mass is 305 g/mol. The molecule has 0 amide bonds. The van der Waals surface area contributed by atoms with Crippen molar-refractivity contribution in [1.82, 2.24) is 19.9 Å². The number of aromatic nitrogens is 2. The van der Waals surface area contributed by atoms with Crippen molar-refractivity contribution in [3.63, 3.8) is 0 Å². The van der Waals surface area contributed by atoms with Crippen molar-refractivity contribution in [2.24, 2.45) is 0 Å². The van der Waals surface area contributed by atoms with Gasteiger partial charge in [-0.25, -0.2) is 4.39 Å². The molecule has 118 valence electrons. The molecule has 0 aliphatic carbocycles. The number of benzene rings is 1. The standard InChI is InChI=1S/C15H20FN5O/c1-10-18-15(22-19-10)13-9-21(7-6-20(13)2)8-11-4-3-5-12(16)14(11)17/h3-5,13H,6-9,17H2,1-2H3/t13-/m0/s1. The fourth-order valence-electron chi connectivity index (χ4n) is 2.75. The first-order valence-corrected chi connectivity index (χ1v) is 7.30. The molecule has 0 spiro atoms. The van der Waals surface area contributed by atoms with Gasteiger partial charge in [0.25, 0.3) is 0 Å². The highest BCUT2D eigenvalue weighted by Crippen LogP contribution is 2.25. The number of aryl methyl sites for hydroxylation is 1. The number of piperazine rings is 1. The molecule has 3 rings (SSSR count). The summed E-state index contributed by atoms with van der Waals surface area (Å²) in [7, 11) is 2.04. The van der Waals surface area contributed by atoms with E-state index in [2.05, 4.69) is 19.9 Å². The molecule has 7 heteroatoms. The van der Waals surface area contributed by atoms with Gasteiger partial charge in [0, 0.05) is 26.2 Å². The maximum atomic E-state index is 13.6. The smallest absolute Gasteiger partial charge is 0.245 e. The summed E-state index contributed by atoms with van der Waals surface area (Å²) in [4.78, 5) is 8.75. The lowest BCUT2D eigenvalue weighted by molar-refractivity contribution is 0.0715. The first-order chi connectivity index (χ1) is 10.5. The van der Waals surface area contributed by atoms with Gasteiger partial charge in [0.1, 0.15) is 11.9 Å².